The van der Waals surface area contributed by atoms with Gasteiger partial charge in [0.2, 0.25) is 0 Å². The van der Waals surface area contributed by atoms with Crippen LogP contribution in [-0.2, 0) is 33.3 Å². The van der Waals surface area contributed by atoms with Crippen molar-refractivity contribution in [1.29, 1.82) is 0 Å². The molecular weight excluding hydrogens is 1010 g/mol. The van der Waals surface area contributed by atoms with Gasteiger partial charge in [-0.05, 0) is 51.4 Å². The molecule has 0 aromatic carbocycles. The zero-order chi connectivity index (χ0) is 59.1. The Morgan fingerprint density at radius 3 is 0.988 bits per heavy atom. The van der Waals surface area contributed by atoms with Crippen LogP contribution in [0.3, 0.4) is 0 Å². The molecule has 0 heterocycles. The van der Waals surface area contributed by atoms with Crippen LogP contribution in [0.15, 0.2) is 36.5 Å². The molecule has 0 aromatic heterocycles. The molecule has 0 aliphatic heterocycles. The number of nitrogens with zero attached hydrogens (tertiary/aromatic N) is 1. The highest BCUT2D eigenvalue weighted by Gasteiger charge is 2.22. The number of rotatable bonds is 66. The van der Waals surface area contributed by atoms with E-state index in [-0.39, 0.29) is 32.2 Å². The molecule has 2 atom stereocenters. The number of unbranched alkanes of at least 4 members (excludes halogenated alkanes) is 45. The summed E-state index contributed by atoms with van der Waals surface area (Å²) in [6, 6.07) is 0. The van der Waals surface area contributed by atoms with Crippen LogP contribution in [0.5, 0.6) is 0 Å². The number of allylic oxidation sites excluding steroid dienone is 6. The summed E-state index contributed by atoms with van der Waals surface area (Å²) in [5.41, 5.74) is 0. The van der Waals surface area contributed by atoms with E-state index in [1.807, 2.05) is 21.1 Å². The van der Waals surface area contributed by atoms with Crippen LogP contribution in [0, 0.1) is 0 Å². The van der Waals surface area contributed by atoms with E-state index < -0.39 is 24.3 Å². The molecule has 0 N–H and O–H groups in total. The highest BCUT2D eigenvalue weighted by molar-refractivity contribution is 5.70. The first kappa shape index (κ1) is 78.5. The molecule has 0 saturated carbocycles. The molecular formula is C72H135NO8. The van der Waals surface area contributed by atoms with Gasteiger partial charge >= 0.3 is 11.9 Å². The molecule has 0 aromatic rings. The summed E-state index contributed by atoms with van der Waals surface area (Å²) in [4.78, 5) is 37.5. The molecule has 0 amide bonds. The number of carbonyl (C=O) groups is 3. The highest BCUT2D eigenvalue weighted by Crippen LogP contribution is 2.19. The van der Waals surface area contributed by atoms with E-state index in [4.69, 9.17) is 18.9 Å². The van der Waals surface area contributed by atoms with Gasteiger partial charge < -0.3 is 33.3 Å². The molecule has 0 fully saturated rings. The van der Waals surface area contributed by atoms with E-state index in [0.29, 0.717) is 23.9 Å². The normalized spacial score (nSPS) is 12.9. The number of likely N-dealkylation sites (N-methyl/N-ethyl adjacent to an activating group) is 1. The van der Waals surface area contributed by atoms with E-state index in [1.165, 1.54) is 270 Å². The molecule has 81 heavy (non-hydrogen) atoms. The maximum atomic E-state index is 12.9. The summed E-state index contributed by atoms with van der Waals surface area (Å²) in [6.07, 6.45) is 76.6. The topological polar surface area (TPSA) is 111 Å². The molecule has 0 aliphatic carbocycles. The lowest BCUT2D eigenvalue weighted by Gasteiger charge is -2.26. The van der Waals surface area contributed by atoms with Crippen LogP contribution in [0.4, 0.5) is 0 Å². The number of aliphatic carboxylic acids is 1. The van der Waals surface area contributed by atoms with E-state index in [9.17, 15) is 19.5 Å². The molecule has 0 bridgehead atoms. The fraction of sp³-hybridized carbons (Fsp3) is 0.875. The quantitative estimate of drug-likeness (QED) is 0.0195. The Morgan fingerprint density at radius 1 is 0.370 bits per heavy atom. The van der Waals surface area contributed by atoms with Crippen LogP contribution < -0.4 is 5.11 Å². The van der Waals surface area contributed by atoms with Crippen LogP contribution in [-0.4, -0.2) is 82.3 Å². The smallest absolute Gasteiger partial charge is 0.306 e. The van der Waals surface area contributed by atoms with Crippen molar-refractivity contribution in [2.45, 2.75) is 360 Å². The summed E-state index contributed by atoms with van der Waals surface area (Å²) >= 11 is 0. The van der Waals surface area contributed by atoms with Gasteiger partial charge in [0.25, 0.3) is 0 Å². The van der Waals surface area contributed by atoms with Crippen molar-refractivity contribution in [3.8, 4) is 0 Å². The van der Waals surface area contributed by atoms with Gasteiger partial charge in [0.15, 0.2) is 12.4 Å². The zero-order valence-corrected chi connectivity index (χ0v) is 54.4. The minimum Gasteiger partial charge on any atom is -0.545 e. The average molecular weight is 1140 g/mol. The van der Waals surface area contributed by atoms with Gasteiger partial charge in [0.1, 0.15) is 13.2 Å². The van der Waals surface area contributed by atoms with E-state index >= 15 is 0 Å². The molecule has 9 nitrogen and oxygen atoms in total. The number of carbonyl (C=O) groups excluding carboxylic acids is 3. The lowest BCUT2D eigenvalue weighted by atomic mass is 10.0. The van der Waals surface area contributed by atoms with Crippen LogP contribution in [0.2, 0.25) is 0 Å². The van der Waals surface area contributed by atoms with Gasteiger partial charge in [-0.25, -0.2) is 0 Å². The Balaban J connectivity index is 4.08. The number of carboxylic acids is 1. The fourth-order valence-electron chi connectivity index (χ4n) is 10.5. The van der Waals surface area contributed by atoms with Gasteiger partial charge in [-0.15, -0.1) is 0 Å². The van der Waals surface area contributed by atoms with Gasteiger partial charge in [-0.1, -0.05) is 320 Å². The predicted molar refractivity (Wildman–Crippen MR) is 343 cm³/mol. The van der Waals surface area contributed by atoms with Crippen molar-refractivity contribution in [2.24, 2.45) is 0 Å². The fourth-order valence-corrected chi connectivity index (χ4v) is 10.5. The van der Waals surface area contributed by atoms with Crippen LogP contribution in [0.1, 0.15) is 348 Å². The Morgan fingerprint density at radius 2 is 0.667 bits per heavy atom. The lowest BCUT2D eigenvalue weighted by Crippen LogP contribution is -2.44. The third-order valence-electron chi connectivity index (χ3n) is 15.9. The monoisotopic (exact) mass is 1140 g/mol. The largest absolute Gasteiger partial charge is 0.545 e. The van der Waals surface area contributed by atoms with Crippen molar-refractivity contribution >= 4 is 17.9 Å². The van der Waals surface area contributed by atoms with Crippen molar-refractivity contribution < 1.29 is 42.9 Å². The van der Waals surface area contributed by atoms with E-state index in [0.717, 1.165) is 44.9 Å². The number of hydrogen-bond acceptors (Lipinski definition) is 8. The summed E-state index contributed by atoms with van der Waals surface area (Å²) < 4.78 is 22.8. The Kier molecular flexibility index (Phi) is 61.6. The first-order chi connectivity index (χ1) is 39.6. The SMILES string of the molecule is CCCCCCC/C=C\C/C=C\C/C=C\CCCCCCCCCCCCCCCCCCC(=O)OC(COC(=O)CCCCCCCCCCCCCCCCCCCCCCCCCCC)COC(OCC[N+](C)(C)C)C(=O)[O-]. The lowest BCUT2D eigenvalue weighted by molar-refractivity contribution is -0.870. The molecule has 2 unspecified atom stereocenters. The maximum Gasteiger partial charge on any atom is 0.306 e. The first-order valence-corrected chi connectivity index (χ1v) is 35.1. The number of carboxylic acid groups (broad SMARTS) is 1. The Hall–Kier alpha value is -2.49. The predicted octanol–water partition coefficient (Wildman–Crippen LogP) is 20.3. The molecule has 9 heteroatoms. The average Bonchev–Trinajstić information content (AvgIpc) is 3.44. The first-order valence-electron chi connectivity index (χ1n) is 35.1. The summed E-state index contributed by atoms with van der Waals surface area (Å²) in [6.45, 7) is 4.80. The summed E-state index contributed by atoms with van der Waals surface area (Å²) in [7, 11) is 5.94. The van der Waals surface area contributed by atoms with Gasteiger partial charge in [-0.2, -0.15) is 0 Å². The minimum atomic E-state index is -1.62. The van der Waals surface area contributed by atoms with E-state index in [2.05, 4.69) is 50.3 Å². The van der Waals surface area contributed by atoms with E-state index in [1.54, 1.807) is 0 Å². The van der Waals surface area contributed by atoms with Gasteiger partial charge in [-0.3, -0.25) is 9.59 Å². The van der Waals surface area contributed by atoms with Crippen molar-refractivity contribution in [3.05, 3.63) is 36.5 Å². The van der Waals surface area contributed by atoms with Crippen molar-refractivity contribution in [3.63, 3.8) is 0 Å². The molecule has 0 radical (unpaired) electrons. The van der Waals surface area contributed by atoms with Crippen LogP contribution >= 0.6 is 0 Å². The Bertz CT molecular complexity index is 1420. The maximum absolute atomic E-state index is 12.9. The number of quaternary nitrogens is 1. The molecule has 0 rings (SSSR count). The number of hydrogen-bond donors (Lipinski definition) is 0. The third kappa shape index (κ3) is 64.9. The van der Waals surface area contributed by atoms with Crippen LogP contribution in [0.25, 0.3) is 0 Å². The second-order valence-corrected chi connectivity index (χ2v) is 25.2. The van der Waals surface area contributed by atoms with Gasteiger partial charge in [0.05, 0.1) is 40.3 Å². The number of esters is 2. The van der Waals surface area contributed by atoms with Gasteiger partial charge in [0, 0.05) is 12.8 Å². The Labute approximate surface area is 502 Å². The van der Waals surface area contributed by atoms with Crippen molar-refractivity contribution in [2.75, 3.05) is 47.5 Å². The molecule has 476 valence electrons. The standard InChI is InChI=1S/C72H135NO8/c1-6-8-10-12-14-16-18-20-22-24-26-28-30-32-33-34-35-36-37-39-41-43-45-47-49-51-53-55-57-59-61-63-70(75)81-68(67-80-72(71(76)77)78-65-64-73(3,4)5)66-79-69(74)62-60-58-56-54-52-50-48-46-44-42-40-38-31-29-27-25-23-21-19-17-15-13-11-9-7-2/h18,20,24,26,30,32,68,72H,6-17,19,21-23,25,27-29,31,33-67H2,1-5H3/b20-18-,26-24-,32-30-. The zero-order valence-electron chi connectivity index (χ0n) is 54.4. The second-order valence-electron chi connectivity index (χ2n) is 25.2. The highest BCUT2D eigenvalue weighted by atomic mass is 16.7. The number of ether oxygens (including phenoxy) is 4. The minimum absolute atomic E-state index is 0.150. The summed E-state index contributed by atoms with van der Waals surface area (Å²) in [5.74, 6) is -2.26. The summed E-state index contributed by atoms with van der Waals surface area (Å²) in [5, 5.41) is 11.8. The van der Waals surface area contributed by atoms with Crippen molar-refractivity contribution in [1.82, 2.24) is 0 Å². The second kappa shape index (κ2) is 63.5. The molecule has 0 aliphatic rings. The molecule has 0 saturated heterocycles. The molecule has 0 spiro atoms. The third-order valence-corrected chi connectivity index (χ3v) is 15.9.